The zero-order valence-corrected chi connectivity index (χ0v) is 14.1. The summed E-state index contributed by atoms with van der Waals surface area (Å²) in [7, 11) is 1.83. The molecule has 4 nitrogen and oxygen atoms in total. The van der Waals surface area contributed by atoms with Gasteiger partial charge in [-0.15, -0.1) is 0 Å². The van der Waals surface area contributed by atoms with E-state index in [0.29, 0.717) is 6.04 Å². The molecule has 1 aromatic carbocycles. The Hall–Kier alpha value is -1.71. The minimum Gasteiger partial charge on any atom is -0.491 e. The lowest BCUT2D eigenvalue weighted by Crippen LogP contribution is -2.43. The van der Waals surface area contributed by atoms with Crippen molar-refractivity contribution in [2.24, 2.45) is 4.99 Å². The summed E-state index contributed by atoms with van der Waals surface area (Å²) >= 11 is 0. The average molecular weight is 303 g/mol. The van der Waals surface area contributed by atoms with Gasteiger partial charge in [-0.05, 0) is 44.4 Å². The second kappa shape index (κ2) is 8.66. The van der Waals surface area contributed by atoms with Gasteiger partial charge in [-0.2, -0.15) is 0 Å². The molecule has 122 valence electrons. The normalized spacial score (nSPS) is 16.6. The highest BCUT2D eigenvalue weighted by Crippen LogP contribution is 2.17. The molecule has 1 aliphatic carbocycles. The van der Waals surface area contributed by atoms with Crippen LogP contribution >= 0.6 is 0 Å². The van der Waals surface area contributed by atoms with Crippen LogP contribution in [0, 0.1) is 0 Å². The first kappa shape index (κ1) is 16.7. The van der Waals surface area contributed by atoms with Crippen molar-refractivity contribution in [1.29, 1.82) is 0 Å². The Kier molecular flexibility index (Phi) is 6.56. The van der Waals surface area contributed by atoms with Gasteiger partial charge < -0.3 is 15.4 Å². The van der Waals surface area contributed by atoms with Crippen LogP contribution in [0.25, 0.3) is 0 Å². The Bertz CT molecular complexity index is 462. The maximum absolute atomic E-state index is 5.66. The molecular formula is C18H29N3O. The number of guanidine groups is 1. The van der Waals surface area contributed by atoms with Crippen LogP contribution in [0.5, 0.6) is 5.75 Å². The van der Waals surface area contributed by atoms with E-state index in [2.05, 4.69) is 27.8 Å². The molecule has 22 heavy (non-hydrogen) atoms. The van der Waals surface area contributed by atoms with Crippen molar-refractivity contribution >= 4 is 5.96 Å². The molecule has 0 atom stereocenters. The molecule has 2 rings (SSSR count). The summed E-state index contributed by atoms with van der Waals surface area (Å²) in [5, 5.41) is 6.92. The molecule has 0 unspecified atom stereocenters. The van der Waals surface area contributed by atoms with Crippen LogP contribution in [0.2, 0.25) is 0 Å². The van der Waals surface area contributed by atoms with E-state index in [-0.39, 0.29) is 6.10 Å². The molecule has 0 heterocycles. The number of nitrogens with one attached hydrogen (secondary N) is 2. The molecule has 0 aliphatic heterocycles. The zero-order valence-electron chi connectivity index (χ0n) is 14.1. The van der Waals surface area contributed by atoms with E-state index in [0.717, 1.165) is 18.3 Å². The van der Waals surface area contributed by atoms with Gasteiger partial charge in [0.05, 0.1) is 6.10 Å². The van der Waals surface area contributed by atoms with Crippen molar-refractivity contribution in [3.8, 4) is 5.75 Å². The zero-order chi connectivity index (χ0) is 15.8. The largest absolute Gasteiger partial charge is 0.491 e. The van der Waals surface area contributed by atoms with Gasteiger partial charge in [0.15, 0.2) is 5.96 Å². The van der Waals surface area contributed by atoms with E-state index < -0.39 is 0 Å². The van der Waals surface area contributed by atoms with Crippen LogP contribution < -0.4 is 15.4 Å². The first-order valence-corrected chi connectivity index (χ1v) is 8.40. The maximum Gasteiger partial charge on any atom is 0.191 e. The Morgan fingerprint density at radius 1 is 1.18 bits per heavy atom. The minimum atomic E-state index is 0.211. The average Bonchev–Trinajstić information content (AvgIpc) is 2.53. The van der Waals surface area contributed by atoms with Crippen LogP contribution in [0.15, 0.2) is 29.3 Å². The standard InChI is InChI=1S/C18H29N3O/c1-14(2)22-17-11-9-15(10-12-17)13-20-18(19-3)21-16-7-5-4-6-8-16/h9-12,14,16H,4-8,13H2,1-3H3,(H2,19,20,21). The first-order chi connectivity index (χ1) is 10.7. The Balaban J connectivity index is 1.79. The minimum absolute atomic E-state index is 0.211. The van der Waals surface area contributed by atoms with Crippen molar-refractivity contribution in [1.82, 2.24) is 10.6 Å². The third-order valence-electron chi connectivity index (χ3n) is 3.92. The van der Waals surface area contributed by atoms with E-state index in [1.807, 2.05) is 33.0 Å². The first-order valence-electron chi connectivity index (χ1n) is 8.40. The molecule has 0 bridgehead atoms. The second-order valence-corrected chi connectivity index (χ2v) is 6.22. The SMILES string of the molecule is CN=C(NCc1ccc(OC(C)C)cc1)NC1CCCCC1. The van der Waals surface area contributed by atoms with Gasteiger partial charge in [-0.25, -0.2) is 0 Å². The number of hydrogen-bond acceptors (Lipinski definition) is 2. The summed E-state index contributed by atoms with van der Waals surface area (Å²) < 4.78 is 5.66. The fraction of sp³-hybridized carbons (Fsp3) is 0.611. The lowest BCUT2D eigenvalue weighted by Gasteiger charge is -2.24. The number of hydrogen-bond donors (Lipinski definition) is 2. The van der Waals surface area contributed by atoms with Crippen molar-refractivity contribution in [3.63, 3.8) is 0 Å². The van der Waals surface area contributed by atoms with Crippen molar-refractivity contribution in [2.45, 2.75) is 64.6 Å². The Morgan fingerprint density at radius 2 is 1.86 bits per heavy atom. The molecule has 1 saturated carbocycles. The highest BCUT2D eigenvalue weighted by Gasteiger charge is 2.14. The van der Waals surface area contributed by atoms with Gasteiger partial charge in [-0.3, -0.25) is 4.99 Å². The summed E-state index contributed by atoms with van der Waals surface area (Å²) in [6.45, 7) is 4.85. The fourth-order valence-corrected chi connectivity index (χ4v) is 2.78. The molecule has 4 heteroatoms. The van der Waals surface area contributed by atoms with Gasteiger partial charge in [0.1, 0.15) is 5.75 Å². The topological polar surface area (TPSA) is 45.7 Å². The molecule has 1 fully saturated rings. The third kappa shape index (κ3) is 5.58. The molecule has 1 aromatic rings. The number of aliphatic imine (C=N–C) groups is 1. The predicted molar refractivity (Wildman–Crippen MR) is 92.4 cm³/mol. The number of rotatable bonds is 5. The molecule has 0 amide bonds. The highest BCUT2D eigenvalue weighted by molar-refractivity contribution is 5.79. The van der Waals surface area contributed by atoms with Crippen LogP contribution in [-0.2, 0) is 6.54 Å². The monoisotopic (exact) mass is 303 g/mol. The highest BCUT2D eigenvalue weighted by atomic mass is 16.5. The Morgan fingerprint density at radius 3 is 2.45 bits per heavy atom. The van der Waals surface area contributed by atoms with Crippen molar-refractivity contribution in [2.75, 3.05) is 7.05 Å². The van der Waals surface area contributed by atoms with Gasteiger partial charge in [0.25, 0.3) is 0 Å². The second-order valence-electron chi connectivity index (χ2n) is 6.22. The quantitative estimate of drug-likeness (QED) is 0.647. The van der Waals surface area contributed by atoms with Crippen molar-refractivity contribution in [3.05, 3.63) is 29.8 Å². The predicted octanol–water partition coefficient (Wildman–Crippen LogP) is 3.47. The van der Waals surface area contributed by atoms with Crippen LogP contribution in [0.3, 0.4) is 0 Å². The summed E-state index contributed by atoms with van der Waals surface area (Å²) in [5.74, 6) is 1.82. The summed E-state index contributed by atoms with van der Waals surface area (Å²) in [6, 6.07) is 8.81. The molecular weight excluding hydrogens is 274 g/mol. The molecule has 2 N–H and O–H groups in total. The summed E-state index contributed by atoms with van der Waals surface area (Å²) in [4.78, 5) is 4.32. The maximum atomic E-state index is 5.66. The van der Waals surface area contributed by atoms with E-state index in [1.54, 1.807) is 0 Å². The van der Waals surface area contributed by atoms with Crippen LogP contribution in [0.4, 0.5) is 0 Å². The molecule has 0 spiro atoms. The van der Waals surface area contributed by atoms with E-state index in [1.165, 1.54) is 37.7 Å². The lowest BCUT2D eigenvalue weighted by atomic mass is 9.96. The lowest BCUT2D eigenvalue weighted by molar-refractivity contribution is 0.242. The van der Waals surface area contributed by atoms with E-state index in [4.69, 9.17) is 4.74 Å². The van der Waals surface area contributed by atoms with Gasteiger partial charge in [0, 0.05) is 19.6 Å². The van der Waals surface area contributed by atoms with Crippen LogP contribution in [0.1, 0.15) is 51.5 Å². The van der Waals surface area contributed by atoms with Gasteiger partial charge >= 0.3 is 0 Å². The van der Waals surface area contributed by atoms with Crippen LogP contribution in [-0.4, -0.2) is 25.2 Å². The molecule has 1 aliphatic rings. The fourth-order valence-electron chi connectivity index (χ4n) is 2.78. The van der Waals surface area contributed by atoms with Gasteiger partial charge in [-0.1, -0.05) is 31.4 Å². The van der Waals surface area contributed by atoms with E-state index >= 15 is 0 Å². The third-order valence-corrected chi connectivity index (χ3v) is 3.92. The smallest absolute Gasteiger partial charge is 0.191 e. The number of ether oxygens (including phenoxy) is 1. The summed E-state index contributed by atoms with van der Waals surface area (Å²) in [5.41, 5.74) is 1.22. The van der Waals surface area contributed by atoms with Gasteiger partial charge in [0.2, 0.25) is 0 Å². The number of nitrogens with zero attached hydrogens (tertiary/aromatic N) is 1. The molecule has 0 radical (unpaired) electrons. The summed E-state index contributed by atoms with van der Waals surface area (Å²) in [6.07, 6.45) is 6.74. The molecule has 0 saturated heterocycles. The number of benzene rings is 1. The molecule has 0 aromatic heterocycles. The van der Waals surface area contributed by atoms with Crippen molar-refractivity contribution < 1.29 is 4.74 Å². The van der Waals surface area contributed by atoms with E-state index in [9.17, 15) is 0 Å². The Labute approximate surface area is 134 Å².